The number of carbonyl (C=O) groups excluding carboxylic acids is 1. The molecule has 1 N–H and O–H groups in total. The van der Waals surface area contributed by atoms with E-state index in [0.29, 0.717) is 6.61 Å². The van der Waals surface area contributed by atoms with Gasteiger partial charge in [0, 0.05) is 11.9 Å². The predicted octanol–water partition coefficient (Wildman–Crippen LogP) is 2.15. The Balaban J connectivity index is 1.63. The lowest BCUT2D eigenvalue weighted by Crippen LogP contribution is -2.22. The molecule has 112 valence electrons. The summed E-state index contributed by atoms with van der Waals surface area (Å²) in [4.78, 5) is 18.2. The van der Waals surface area contributed by atoms with Crippen molar-refractivity contribution in [3.63, 3.8) is 0 Å². The molecule has 0 unspecified atom stereocenters. The number of likely N-dealkylation sites (tertiary alicyclic amines) is 1. The molecule has 1 aromatic heterocycles. The smallest absolute Gasteiger partial charge is 0.311 e. The van der Waals surface area contributed by atoms with E-state index in [1.165, 1.54) is 25.9 Å². The Morgan fingerprint density at radius 3 is 3.05 bits per heavy atom. The van der Waals surface area contributed by atoms with Gasteiger partial charge in [0.2, 0.25) is 0 Å². The molecule has 1 aliphatic heterocycles. The zero-order valence-electron chi connectivity index (χ0n) is 12.1. The normalized spacial score (nSPS) is 15.4. The number of hydrogen-bond donors (Lipinski definition) is 1. The van der Waals surface area contributed by atoms with Crippen molar-refractivity contribution in [2.75, 3.05) is 38.1 Å². The van der Waals surface area contributed by atoms with E-state index in [1.807, 2.05) is 12.3 Å². The Hall–Kier alpha value is -1.14. The fraction of sp³-hybridized carbons (Fsp3) is 0.714. The van der Waals surface area contributed by atoms with Gasteiger partial charge in [-0.25, -0.2) is 4.98 Å². The van der Waals surface area contributed by atoms with Gasteiger partial charge in [-0.3, -0.25) is 4.79 Å². The highest BCUT2D eigenvalue weighted by molar-refractivity contribution is 7.13. The third-order valence-corrected chi connectivity index (χ3v) is 4.16. The van der Waals surface area contributed by atoms with Crippen LogP contribution in [-0.4, -0.2) is 48.6 Å². The number of thiazole rings is 1. The summed E-state index contributed by atoms with van der Waals surface area (Å²) in [6.45, 7) is 6.83. The van der Waals surface area contributed by atoms with Crippen molar-refractivity contribution in [1.82, 2.24) is 9.88 Å². The molecule has 0 atom stereocenters. The Labute approximate surface area is 124 Å². The molecule has 6 heteroatoms. The summed E-state index contributed by atoms with van der Waals surface area (Å²) in [7, 11) is 0. The molecule has 0 spiro atoms. The lowest BCUT2D eigenvalue weighted by molar-refractivity contribution is -0.142. The first kappa shape index (κ1) is 15.3. The van der Waals surface area contributed by atoms with Crippen LogP contribution in [0.25, 0.3) is 0 Å². The van der Waals surface area contributed by atoms with E-state index in [9.17, 15) is 4.79 Å². The highest BCUT2D eigenvalue weighted by atomic mass is 32.1. The van der Waals surface area contributed by atoms with E-state index in [2.05, 4.69) is 15.2 Å². The van der Waals surface area contributed by atoms with Crippen LogP contribution >= 0.6 is 11.3 Å². The SMILES string of the molecule is CCOC(=O)Cc1csc(NCCCN2CCCC2)n1. The maximum Gasteiger partial charge on any atom is 0.311 e. The monoisotopic (exact) mass is 297 g/mol. The van der Waals surface area contributed by atoms with Crippen LogP contribution in [0.5, 0.6) is 0 Å². The summed E-state index contributed by atoms with van der Waals surface area (Å²) in [5.41, 5.74) is 0.787. The summed E-state index contributed by atoms with van der Waals surface area (Å²) in [5.74, 6) is -0.210. The molecular formula is C14H23N3O2S. The summed E-state index contributed by atoms with van der Waals surface area (Å²) in [6, 6.07) is 0. The third-order valence-electron chi connectivity index (χ3n) is 3.31. The average Bonchev–Trinajstić information content (AvgIpc) is 3.06. The van der Waals surface area contributed by atoms with Crippen LogP contribution in [0.4, 0.5) is 5.13 Å². The molecule has 1 aromatic rings. The quantitative estimate of drug-likeness (QED) is 0.588. The summed E-state index contributed by atoms with van der Waals surface area (Å²) in [5, 5.41) is 6.13. The molecule has 0 aliphatic carbocycles. The first-order valence-corrected chi connectivity index (χ1v) is 8.22. The first-order valence-electron chi connectivity index (χ1n) is 7.34. The molecule has 2 rings (SSSR count). The van der Waals surface area contributed by atoms with Crippen molar-refractivity contribution >= 4 is 22.4 Å². The van der Waals surface area contributed by atoms with Gasteiger partial charge in [0.25, 0.3) is 0 Å². The Kier molecular flexibility index (Phi) is 6.26. The molecule has 0 bridgehead atoms. The maximum atomic E-state index is 11.3. The van der Waals surface area contributed by atoms with Crippen molar-refractivity contribution in [3.8, 4) is 0 Å². The number of anilines is 1. The highest BCUT2D eigenvalue weighted by Crippen LogP contribution is 2.16. The summed E-state index contributed by atoms with van der Waals surface area (Å²) in [6.07, 6.45) is 4.08. The number of nitrogens with zero attached hydrogens (tertiary/aromatic N) is 2. The number of ether oxygens (including phenoxy) is 1. The molecule has 5 nitrogen and oxygen atoms in total. The van der Waals surface area contributed by atoms with Crippen LogP contribution in [0.2, 0.25) is 0 Å². The molecule has 2 heterocycles. The van der Waals surface area contributed by atoms with Gasteiger partial charge in [-0.2, -0.15) is 0 Å². The molecule has 0 aromatic carbocycles. The van der Waals surface area contributed by atoms with Gasteiger partial charge in [0.1, 0.15) is 0 Å². The van der Waals surface area contributed by atoms with Gasteiger partial charge in [0.05, 0.1) is 18.7 Å². The van der Waals surface area contributed by atoms with Gasteiger partial charge in [-0.15, -0.1) is 11.3 Å². The van der Waals surface area contributed by atoms with E-state index in [4.69, 9.17) is 4.74 Å². The summed E-state index contributed by atoms with van der Waals surface area (Å²) < 4.78 is 4.91. The zero-order chi connectivity index (χ0) is 14.2. The minimum atomic E-state index is -0.210. The number of hydrogen-bond acceptors (Lipinski definition) is 6. The molecule has 1 saturated heterocycles. The minimum absolute atomic E-state index is 0.210. The number of esters is 1. The zero-order valence-corrected chi connectivity index (χ0v) is 12.9. The van der Waals surface area contributed by atoms with E-state index in [0.717, 1.165) is 30.3 Å². The van der Waals surface area contributed by atoms with Crippen molar-refractivity contribution in [2.45, 2.75) is 32.6 Å². The molecule has 20 heavy (non-hydrogen) atoms. The van der Waals surface area contributed by atoms with E-state index in [1.54, 1.807) is 11.3 Å². The molecule has 0 radical (unpaired) electrons. The number of nitrogens with one attached hydrogen (secondary N) is 1. The van der Waals surface area contributed by atoms with E-state index < -0.39 is 0 Å². The Morgan fingerprint density at radius 2 is 2.30 bits per heavy atom. The van der Waals surface area contributed by atoms with Gasteiger partial charge >= 0.3 is 5.97 Å². The standard InChI is InChI=1S/C14H23N3O2S/c1-2-19-13(18)10-12-11-20-14(16-12)15-6-5-9-17-7-3-4-8-17/h11H,2-10H2,1H3,(H,15,16). The van der Waals surface area contributed by atoms with Crippen molar-refractivity contribution in [3.05, 3.63) is 11.1 Å². The molecule has 0 saturated carbocycles. The Bertz CT molecular complexity index is 416. The molecule has 1 fully saturated rings. The first-order chi connectivity index (χ1) is 9.78. The second-order valence-corrected chi connectivity index (χ2v) is 5.81. The van der Waals surface area contributed by atoms with Crippen molar-refractivity contribution in [2.24, 2.45) is 0 Å². The van der Waals surface area contributed by atoms with Crippen LogP contribution in [0.3, 0.4) is 0 Å². The van der Waals surface area contributed by atoms with Crippen LogP contribution in [-0.2, 0) is 16.0 Å². The fourth-order valence-corrected chi connectivity index (χ4v) is 3.07. The second kappa shape index (κ2) is 8.21. The topological polar surface area (TPSA) is 54.5 Å². The van der Waals surface area contributed by atoms with Crippen molar-refractivity contribution < 1.29 is 9.53 Å². The van der Waals surface area contributed by atoms with Gasteiger partial charge in [-0.05, 0) is 45.8 Å². The fourth-order valence-electron chi connectivity index (χ4n) is 2.33. The number of carbonyl (C=O) groups is 1. The third kappa shape index (κ3) is 5.09. The summed E-state index contributed by atoms with van der Waals surface area (Å²) >= 11 is 1.55. The average molecular weight is 297 g/mol. The predicted molar refractivity (Wildman–Crippen MR) is 81.2 cm³/mol. The number of aromatic nitrogens is 1. The largest absolute Gasteiger partial charge is 0.466 e. The molecular weight excluding hydrogens is 274 g/mol. The molecule has 1 aliphatic rings. The highest BCUT2D eigenvalue weighted by Gasteiger charge is 2.11. The lowest BCUT2D eigenvalue weighted by atomic mass is 10.3. The number of rotatable bonds is 8. The van der Waals surface area contributed by atoms with E-state index in [-0.39, 0.29) is 12.4 Å². The molecule has 0 amide bonds. The second-order valence-electron chi connectivity index (χ2n) is 4.95. The van der Waals surface area contributed by atoms with Gasteiger partial charge in [0.15, 0.2) is 5.13 Å². The van der Waals surface area contributed by atoms with Crippen LogP contribution in [0.15, 0.2) is 5.38 Å². The lowest BCUT2D eigenvalue weighted by Gasteiger charge is -2.13. The minimum Gasteiger partial charge on any atom is -0.466 e. The van der Waals surface area contributed by atoms with Crippen LogP contribution < -0.4 is 5.32 Å². The van der Waals surface area contributed by atoms with Gasteiger partial charge < -0.3 is 15.0 Å². The van der Waals surface area contributed by atoms with Crippen LogP contribution in [0, 0.1) is 0 Å². The van der Waals surface area contributed by atoms with Gasteiger partial charge in [-0.1, -0.05) is 0 Å². The van der Waals surface area contributed by atoms with Crippen molar-refractivity contribution in [1.29, 1.82) is 0 Å². The van der Waals surface area contributed by atoms with Crippen LogP contribution in [0.1, 0.15) is 31.9 Å². The van der Waals surface area contributed by atoms with E-state index >= 15 is 0 Å². The Morgan fingerprint density at radius 1 is 1.50 bits per heavy atom. The maximum absolute atomic E-state index is 11.3.